The summed E-state index contributed by atoms with van der Waals surface area (Å²) in [5, 5.41) is 5.62. The van der Waals surface area contributed by atoms with Crippen molar-refractivity contribution in [2.75, 3.05) is 25.0 Å². The Balaban J connectivity index is 1.27. The first-order valence-corrected chi connectivity index (χ1v) is 8.73. The lowest BCUT2D eigenvalue weighted by molar-refractivity contribution is -0.151. The van der Waals surface area contributed by atoms with Gasteiger partial charge in [-0.25, -0.2) is 9.18 Å². The molecule has 0 radical (unpaired) electrons. The molecule has 4 rings (SSSR count). The van der Waals surface area contributed by atoms with E-state index in [1.54, 1.807) is 6.92 Å². The highest BCUT2D eigenvalue weighted by atomic mass is 19.1. The van der Waals surface area contributed by atoms with Gasteiger partial charge in [0.05, 0.1) is 6.54 Å². The standard InChI is InChI=1S/C18H21FN4O3/c1-11(24)23-9-18(10-23)5-14(6-18)20-16(25)8-22-7-12-4-13(19)2-3-15(12)21-17(22)26/h2-4,14H,5-10H2,1H3,(H,20,25)(H,21,26). The molecule has 0 bridgehead atoms. The van der Waals surface area contributed by atoms with Crippen molar-refractivity contribution >= 4 is 23.5 Å². The highest BCUT2D eigenvalue weighted by Gasteiger charge is 2.53. The van der Waals surface area contributed by atoms with Gasteiger partial charge in [0.1, 0.15) is 12.4 Å². The Morgan fingerprint density at radius 2 is 2.08 bits per heavy atom. The lowest BCUT2D eigenvalue weighted by Gasteiger charge is -2.58. The molecule has 1 aromatic carbocycles. The van der Waals surface area contributed by atoms with Gasteiger partial charge in [-0.1, -0.05) is 0 Å². The van der Waals surface area contributed by atoms with Crippen LogP contribution in [0.3, 0.4) is 0 Å². The van der Waals surface area contributed by atoms with Crippen LogP contribution < -0.4 is 10.6 Å². The third-order valence-corrected chi connectivity index (χ3v) is 5.51. The minimum absolute atomic E-state index is 0.0646. The Bertz CT molecular complexity index is 783. The van der Waals surface area contributed by atoms with E-state index in [1.165, 1.54) is 23.1 Å². The van der Waals surface area contributed by atoms with E-state index in [0.29, 0.717) is 11.3 Å². The van der Waals surface area contributed by atoms with Crippen LogP contribution in [-0.2, 0) is 16.1 Å². The number of likely N-dealkylation sites (tertiary alicyclic amines) is 1. The number of hydrogen-bond acceptors (Lipinski definition) is 3. The monoisotopic (exact) mass is 360 g/mol. The number of carbonyl (C=O) groups is 3. The van der Waals surface area contributed by atoms with Crippen LogP contribution in [-0.4, -0.2) is 53.3 Å². The van der Waals surface area contributed by atoms with Gasteiger partial charge < -0.3 is 20.4 Å². The van der Waals surface area contributed by atoms with Gasteiger partial charge in [-0.3, -0.25) is 9.59 Å². The van der Waals surface area contributed by atoms with Gasteiger partial charge in [-0.05, 0) is 36.6 Å². The second kappa shape index (κ2) is 5.96. The van der Waals surface area contributed by atoms with E-state index < -0.39 is 0 Å². The Labute approximate surface area is 150 Å². The number of fused-ring (bicyclic) bond motifs is 1. The fourth-order valence-corrected chi connectivity index (χ4v) is 4.19. The van der Waals surface area contributed by atoms with Crippen molar-refractivity contribution < 1.29 is 18.8 Å². The van der Waals surface area contributed by atoms with E-state index >= 15 is 0 Å². The normalized spacial score (nSPS) is 20.8. The summed E-state index contributed by atoms with van der Waals surface area (Å²) < 4.78 is 13.4. The van der Waals surface area contributed by atoms with Crippen molar-refractivity contribution in [3.05, 3.63) is 29.6 Å². The van der Waals surface area contributed by atoms with Gasteiger partial charge in [-0.15, -0.1) is 0 Å². The Morgan fingerprint density at radius 3 is 2.77 bits per heavy atom. The largest absolute Gasteiger partial charge is 0.352 e. The van der Waals surface area contributed by atoms with Crippen LogP contribution in [0, 0.1) is 11.2 Å². The Morgan fingerprint density at radius 1 is 1.35 bits per heavy atom. The van der Waals surface area contributed by atoms with E-state index in [2.05, 4.69) is 10.6 Å². The summed E-state index contributed by atoms with van der Waals surface area (Å²) in [5.41, 5.74) is 1.40. The first kappa shape index (κ1) is 16.8. The SMILES string of the molecule is CC(=O)N1CC2(CC(NC(=O)CN3Cc4cc(F)ccc4NC3=O)C2)C1. The number of hydrogen-bond donors (Lipinski definition) is 2. The molecule has 1 saturated carbocycles. The van der Waals surface area contributed by atoms with Gasteiger partial charge in [0.25, 0.3) is 0 Å². The second-order valence-electron chi connectivity index (χ2n) is 7.64. The number of nitrogens with one attached hydrogen (secondary N) is 2. The van der Waals surface area contributed by atoms with E-state index in [1.807, 2.05) is 4.90 Å². The maximum absolute atomic E-state index is 13.4. The van der Waals surface area contributed by atoms with Crippen LogP contribution in [0.15, 0.2) is 18.2 Å². The zero-order chi connectivity index (χ0) is 18.5. The predicted octanol–water partition coefficient (Wildman–Crippen LogP) is 1.30. The number of nitrogens with zero attached hydrogens (tertiary/aromatic N) is 2. The first-order chi connectivity index (χ1) is 12.3. The van der Waals surface area contributed by atoms with Crippen LogP contribution in [0.1, 0.15) is 25.3 Å². The number of halogens is 1. The van der Waals surface area contributed by atoms with Gasteiger partial charge in [0, 0.05) is 37.2 Å². The van der Waals surface area contributed by atoms with Crippen molar-refractivity contribution in [3.63, 3.8) is 0 Å². The van der Waals surface area contributed by atoms with Crippen molar-refractivity contribution in [3.8, 4) is 0 Å². The molecule has 2 heterocycles. The van der Waals surface area contributed by atoms with E-state index in [0.717, 1.165) is 25.9 Å². The van der Waals surface area contributed by atoms with Crippen LogP contribution >= 0.6 is 0 Å². The van der Waals surface area contributed by atoms with E-state index in [9.17, 15) is 18.8 Å². The number of anilines is 1. The zero-order valence-electron chi connectivity index (χ0n) is 14.5. The van der Waals surface area contributed by atoms with Gasteiger partial charge in [-0.2, -0.15) is 0 Å². The molecular formula is C18H21FN4O3. The molecule has 8 heteroatoms. The molecule has 138 valence electrons. The minimum atomic E-state index is -0.371. The number of benzene rings is 1. The molecule has 0 atom stereocenters. The summed E-state index contributed by atoms with van der Waals surface area (Å²) in [7, 11) is 0. The molecule has 3 aliphatic rings. The summed E-state index contributed by atoms with van der Waals surface area (Å²) in [6.45, 7) is 3.25. The molecule has 1 aromatic rings. The van der Waals surface area contributed by atoms with Gasteiger partial charge in [0.2, 0.25) is 11.8 Å². The lowest BCUT2D eigenvalue weighted by Crippen LogP contribution is -2.67. The van der Waals surface area contributed by atoms with Crippen LogP contribution in [0.25, 0.3) is 0 Å². The van der Waals surface area contributed by atoms with E-state index in [4.69, 9.17) is 0 Å². The predicted molar refractivity (Wildman–Crippen MR) is 91.7 cm³/mol. The summed E-state index contributed by atoms with van der Waals surface area (Å²) in [4.78, 5) is 38.8. The Hall–Kier alpha value is -2.64. The van der Waals surface area contributed by atoms with Crippen LogP contribution in [0.5, 0.6) is 0 Å². The molecule has 2 aliphatic heterocycles. The number of rotatable bonds is 3. The van der Waals surface area contributed by atoms with Crippen molar-refractivity contribution in [1.29, 1.82) is 0 Å². The molecule has 0 unspecified atom stereocenters. The smallest absolute Gasteiger partial charge is 0.322 e. The lowest BCUT2D eigenvalue weighted by atomic mass is 9.60. The second-order valence-corrected chi connectivity index (χ2v) is 7.64. The molecule has 7 nitrogen and oxygen atoms in total. The van der Waals surface area contributed by atoms with Crippen molar-refractivity contribution in [1.82, 2.24) is 15.1 Å². The molecular weight excluding hydrogens is 339 g/mol. The molecule has 1 saturated heterocycles. The first-order valence-electron chi connectivity index (χ1n) is 8.73. The fraction of sp³-hybridized carbons (Fsp3) is 0.500. The van der Waals surface area contributed by atoms with Crippen molar-refractivity contribution in [2.45, 2.75) is 32.4 Å². The summed E-state index contributed by atoms with van der Waals surface area (Å²) in [5.74, 6) is -0.497. The quantitative estimate of drug-likeness (QED) is 0.853. The molecule has 2 fully saturated rings. The van der Waals surface area contributed by atoms with E-state index in [-0.39, 0.29) is 48.2 Å². The van der Waals surface area contributed by atoms with Crippen LogP contribution in [0.2, 0.25) is 0 Å². The highest BCUT2D eigenvalue weighted by Crippen LogP contribution is 2.48. The number of urea groups is 1. The third-order valence-electron chi connectivity index (χ3n) is 5.51. The number of amides is 4. The summed E-state index contributed by atoms with van der Waals surface area (Å²) in [6.07, 6.45) is 1.73. The van der Waals surface area contributed by atoms with Crippen LogP contribution in [0.4, 0.5) is 14.9 Å². The summed E-state index contributed by atoms with van der Waals surface area (Å²) in [6, 6.07) is 3.92. The fourth-order valence-electron chi connectivity index (χ4n) is 4.19. The molecule has 4 amide bonds. The van der Waals surface area contributed by atoms with Gasteiger partial charge >= 0.3 is 6.03 Å². The Kier molecular flexibility index (Phi) is 3.86. The minimum Gasteiger partial charge on any atom is -0.352 e. The maximum atomic E-state index is 13.4. The summed E-state index contributed by atoms with van der Waals surface area (Å²) >= 11 is 0. The van der Waals surface area contributed by atoms with Gasteiger partial charge in [0.15, 0.2) is 0 Å². The average Bonchev–Trinajstić information content (AvgIpc) is 2.49. The van der Waals surface area contributed by atoms with Crippen molar-refractivity contribution in [2.24, 2.45) is 5.41 Å². The molecule has 2 N–H and O–H groups in total. The highest BCUT2D eigenvalue weighted by molar-refractivity contribution is 5.94. The molecule has 26 heavy (non-hydrogen) atoms. The topological polar surface area (TPSA) is 81.8 Å². The zero-order valence-corrected chi connectivity index (χ0v) is 14.5. The average molecular weight is 360 g/mol. The molecule has 1 aliphatic carbocycles. The molecule has 1 spiro atoms. The third kappa shape index (κ3) is 3.00. The number of carbonyl (C=O) groups excluding carboxylic acids is 3. The maximum Gasteiger partial charge on any atom is 0.322 e. The molecule has 0 aromatic heterocycles.